The minimum absolute atomic E-state index is 0.170. The predicted octanol–water partition coefficient (Wildman–Crippen LogP) is 3.06. The molecule has 15 heavy (non-hydrogen) atoms. The molecule has 1 rings (SSSR count). The second-order valence-electron chi connectivity index (χ2n) is 3.15. The summed E-state index contributed by atoms with van der Waals surface area (Å²) in [6.07, 6.45) is 0.670. The van der Waals surface area contributed by atoms with Crippen LogP contribution < -0.4 is 0 Å². The lowest BCUT2D eigenvalue weighted by molar-refractivity contribution is 0.564. The molecule has 0 amide bonds. The first-order valence-electron chi connectivity index (χ1n) is 4.49. The van der Waals surface area contributed by atoms with Gasteiger partial charge in [0.25, 0.3) is 0 Å². The summed E-state index contributed by atoms with van der Waals surface area (Å²) in [6.45, 7) is 1.62. The van der Waals surface area contributed by atoms with Crippen LogP contribution in [-0.4, -0.2) is 15.4 Å². The fourth-order valence-corrected chi connectivity index (χ4v) is 2.26. The average molecular weight is 286 g/mol. The van der Waals surface area contributed by atoms with E-state index >= 15 is 0 Å². The summed E-state index contributed by atoms with van der Waals surface area (Å²) in [5.74, 6) is 0. The normalized spacial score (nSPS) is 13.9. The highest BCUT2D eigenvalue weighted by Crippen LogP contribution is 2.15. The molecule has 0 aliphatic heterocycles. The lowest BCUT2D eigenvalue weighted by Gasteiger charge is -2.05. The van der Waals surface area contributed by atoms with E-state index in [1.54, 1.807) is 6.92 Å². The third-order valence-corrected chi connectivity index (χ3v) is 3.35. The molecular formula is C11H12BrNOS. The maximum Gasteiger partial charge on any atom is 0.0901 e. The number of aliphatic hydroxyl groups is 1. The minimum atomic E-state index is -0.170. The van der Waals surface area contributed by atoms with E-state index in [0.717, 1.165) is 10.0 Å². The van der Waals surface area contributed by atoms with Crippen LogP contribution in [0.3, 0.4) is 0 Å². The van der Waals surface area contributed by atoms with Crippen molar-refractivity contribution in [1.29, 1.82) is 5.26 Å². The largest absolute Gasteiger partial charge is 0.360 e. The van der Waals surface area contributed by atoms with Crippen molar-refractivity contribution in [2.45, 2.75) is 18.6 Å². The zero-order chi connectivity index (χ0) is 11.3. The molecule has 0 saturated carbocycles. The zero-order valence-corrected chi connectivity index (χ0v) is 10.8. The van der Waals surface area contributed by atoms with Gasteiger partial charge in [-0.25, -0.2) is 0 Å². The summed E-state index contributed by atoms with van der Waals surface area (Å²) in [5, 5.41) is 18.1. The van der Waals surface area contributed by atoms with Crippen LogP contribution in [-0.2, 0) is 6.42 Å². The number of aliphatic hydroxyl groups excluding tert-OH is 1. The van der Waals surface area contributed by atoms with Gasteiger partial charge in [0.2, 0.25) is 0 Å². The molecule has 0 bridgehead atoms. The van der Waals surface area contributed by atoms with Crippen LogP contribution >= 0.6 is 27.3 Å². The number of rotatable bonds is 3. The Morgan fingerprint density at radius 3 is 2.60 bits per heavy atom. The summed E-state index contributed by atoms with van der Waals surface area (Å²) in [7, 11) is 0. The number of hydrogen-bond donors (Lipinski definition) is 2. The first-order valence-corrected chi connectivity index (χ1v) is 6.25. The number of nitrogens with zero attached hydrogens (tertiary/aromatic N) is 1. The number of nitriles is 1. The van der Waals surface area contributed by atoms with E-state index in [9.17, 15) is 0 Å². The second kappa shape index (κ2) is 6.06. The van der Waals surface area contributed by atoms with Crippen LogP contribution in [0.25, 0.3) is 0 Å². The Bertz CT molecular complexity index is 390. The van der Waals surface area contributed by atoms with E-state index in [0.29, 0.717) is 22.8 Å². The maximum atomic E-state index is 9.12. The van der Waals surface area contributed by atoms with Gasteiger partial charge in [-0.15, -0.1) is 0 Å². The molecule has 0 aliphatic carbocycles. The van der Waals surface area contributed by atoms with Crippen molar-refractivity contribution in [2.75, 3.05) is 0 Å². The predicted molar refractivity (Wildman–Crippen MR) is 69.5 cm³/mol. The van der Waals surface area contributed by atoms with Crippen molar-refractivity contribution in [3.8, 4) is 6.07 Å². The van der Waals surface area contributed by atoms with Crippen molar-refractivity contribution in [2.24, 2.45) is 0 Å². The first kappa shape index (κ1) is 12.4. The van der Waals surface area contributed by atoms with E-state index in [1.807, 2.05) is 24.3 Å². The van der Waals surface area contributed by atoms with Crippen molar-refractivity contribution >= 4 is 32.3 Å². The Hall–Kier alpha value is -0.630. The first-order chi connectivity index (χ1) is 7.11. The molecule has 80 valence electrons. The highest BCUT2D eigenvalue weighted by molar-refractivity contribution is 9.10. The summed E-state index contributed by atoms with van der Waals surface area (Å²) in [4.78, 5) is 0. The van der Waals surface area contributed by atoms with Gasteiger partial charge in [-0.05, 0) is 31.0 Å². The molecule has 4 heteroatoms. The zero-order valence-electron chi connectivity index (χ0n) is 8.31. The SMILES string of the molecule is CC(O)=[SH]C(C#N)Cc1ccc(Br)cc1. The molecule has 0 aliphatic rings. The standard InChI is InChI=1S/C11H12BrNOS/c1-8(14)15-11(7-13)6-9-2-4-10(12)5-3-9/h2-5,11,14-15H,6H2,1H3. The Balaban J connectivity index is 2.72. The molecule has 0 spiro atoms. The van der Waals surface area contributed by atoms with Gasteiger partial charge in [0.05, 0.1) is 16.4 Å². The summed E-state index contributed by atoms with van der Waals surface area (Å²) >= 11 is 4.06. The van der Waals surface area contributed by atoms with Crippen molar-refractivity contribution < 1.29 is 5.11 Å². The lowest BCUT2D eigenvalue weighted by atomic mass is 10.1. The minimum Gasteiger partial charge on any atom is -0.360 e. The topological polar surface area (TPSA) is 44.0 Å². The number of thiol groups is 1. The van der Waals surface area contributed by atoms with Crippen LogP contribution in [0, 0.1) is 11.3 Å². The molecule has 0 heterocycles. The van der Waals surface area contributed by atoms with Crippen LogP contribution in [0.15, 0.2) is 28.7 Å². The van der Waals surface area contributed by atoms with Gasteiger partial charge in [0.15, 0.2) is 0 Å². The molecule has 0 saturated heterocycles. The Kier molecular flexibility index (Phi) is 5.03. The monoisotopic (exact) mass is 285 g/mol. The van der Waals surface area contributed by atoms with Crippen LogP contribution in [0.5, 0.6) is 0 Å². The van der Waals surface area contributed by atoms with E-state index in [-0.39, 0.29) is 5.25 Å². The number of hydrogen-bond acceptors (Lipinski definition) is 1. The summed E-state index contributed by atoms with van der Waals surface area (Å²) in [6, 6.07) is 10.1. The number of benzene rings is 1. The third kappa shape index (κ3) is 4.61. The van der Waals surface area contributed by atoms with E-state index in [2.05, 4.69) is 22.0 Å². The van der Waals surface area contributed by atoms with Gasteiger partial charge in [-0.1, -0.05) is 28.1 Å². The van der Waals surface area contributed by atoms with Gasteiger partial charge >= 0.3 is 0 Å². The highest BCUT2D eigenvalue weighted by Gasteiger charge is 2.05. The molecule has 1 atom stereocenters. The highest BCUT2D eigenvalue weighted by atomic mass is 79.9. The quantitative estimate of drug-likeness (QED) is 0.662. The van der Waals surface area contributed by atoms with Crippen LogP contribution in [0.2, 0.25) is 0 Å². The summed E-state index contributed by atoms with van der Waals surface area (Å²) < 4.78 is 1.03. The van der Waals surface area contributed by atoms with Gasteiger partial charge in [0, 0.05) is 4.47 Å². The van der Waals surface area contributed by atoms with Crippen molar-refractivity contribution in [1.82, 2.24) is 0 Å². The Morgan fingerprint density at radius 2 is 2.13 bits per heavy atom. The van der Waals surface area contributed by atoms with Crippen LogP contribution in [0.1, 0.15) is 12.5 Å². The Morgan fingerprint density at radius 1 is 1.53 bits per heavy atom. The molecule has 1 aromatic rings. The number of halogens is 1. The molecule has 1 aromatic carbocycles. The molecule has 0 aromatic heterocycles. The fourth-order valence-electron chi connectivity index (χ4n) is 1.19. The van der Waals surface area contributed by atoms with E-state index in [4.69, 9.17) is 10.4 Å². The Labute approximate surface area is 102 Å². The summed E-state index contributed by atoms with van der Waals surface area (Å²) in [5.41, 5.74) is 1.11. The van der Waals surface area contributed by atoms with Crippen molar-refractivity contribution in [3.05, 3.63) is 34.3 Å². The molecule has 0 fully saturated rings. The fraction of sp³-hybridized carbons (Fsp3) is 0.273. The van der Waals surface area contributed by atoms with Crippen molar-refractivity contribution in [3.63, 3.8) is 0 Å². The van der Waals surface area contributed by atoms with Gasteiger partial charge in [-0.3, -0.25) is 0 Å². The molecule has 0 radical (unpaired) electrons. The van der Waals surface area contributed by atoms with E-state index in [1.165, 1.54) is 0 Å². The second-order valence-corrected chi connectivity index (χ2v) is 5.60. The average Bonchev–Trinajstić information content (AvgIpc) is 2.19. The van der Waals surface area contributed by atoms with Gasteiger partial charge < -0.3 is 5.11 Å². The molecule has 1 N–H and O–H groups in total. The smallest absolute Gasteiger partial charge is 0.0901 e. The lowest BCUT2D eigenvalue weighted by Crippen LogP contribution is -2.03. The van der Waals surface area contributed by atoms with E-state index < -0.39 is 0 Å². The molecule has 2 nitrogen and oxygen atoms in total. The molecule has 1 unspecified atom stereocenters. The molecular weight excluding hydrogens is 274 g/mol. The maximum absolute atomic E-state index is 9.12. The van der Waals surface area contributed by atoms with Gasteiger partial charge in [-0.2, -0.15) is 16.6 Å². The third-order valence-electron chi connectivity index (χ3n) is 1.83. The van der Waals surface area contributed by atoms with Crippen LogP contribution in [0.4, 0.5) is 0 Å². The van der Waals surface area contributed by atoms with Gasteiger partial charge in [0.1, 0.15) is 0 Å².